The normalized spacial score (nSPS) is 10.5. The van der Waals surface area contributed by atoms with Gasteiger partial charge in [0.2, 0.25) is 5.91 Å². The smallest absolute Gasteiger partial charge is 0.291 e. The number of amides is 2. The fraction of sp³-hybridized carbons (Fsp3) is 0.0833. The highest BCUT2D eigenvalue weighted by atomic mass is 16.3. The van der Waals surface area contributed by atoms with Crippen molar-refractivity contribution in [3.8, 4) is 11.3 Å². The Hall–Kier alpha value is -4.46. The van der Waals surface area contributed by atoms with Crippen LogP contribution in [0.3, 0.4) is 0 Å². The molecule has 8 heteroatoms. The van der Waals surface area contributed by atoms with Crippen LogP contribution in [0, 0.1) is 0 Å². The molecule has 2 amide bonds. The van der Waals surface area contributed by atoms with Crippen molar-refractivity contribution in [2.45, 2.75) is 13.1 Å². The summed E-state index contributed by atoms with van der Waals surface area (Å²) in [6.07, 6.45) is 1.43. The lowest BCUT2D eigenvalue weighted by atomic mass is 10.1. The third-order valence-corrected chi connectivity index (χ3v) is 4.65. The number of benzene rings is 2. The van der Waals surface area contributed by atoms with E-state index < -0.39 is 0 Å². The van der Waals surface area contributed by atoms with Crippen LogP contribution in [0.1, 0.15) is 16.1 Å². The predicted octanol–water partition coefficient (Wildman–Crippen LogP) is 3.07. The second-order valence-electron chi connectivity index (χ2n) is 6.99. The van der Waals surface area contributed by atoms with Gasteiger partial charge in [0.15, 0.2) is 5.76 Å². The summed E-state index contributed by atoms with van der Waals surface area (Å²) in [4.78, 5) is 36.6. The van der Waals surface area contributed by atoms with Gasteiger partial charge in [-0.25, -0.2) is 4.68 Å². The van der Waals surface area contributed by atoms with Gasteiger partial charge >= 0.3 is 0 Å². The number of carbonyl (C=O) groups is 2. The number of carbonyl (C=O) groups excluding carboxylic acids is 2. The van der Waals surface area contributed by atoms with E-state index in [0.29, 0.717) is 11.4 Å². The lowest BCUT2D eigenvalue weighted by molar-refractivity contribution is -0.122. The minimum absolute atomic E-state index is 0.200. The first-order chi connectivity index (χ1) is 15.6. The number of furan rings is 1. The molecule has 2 aromatic carbocycles. The molecule has 2 heterocycles. The Kier molecular flexibility index (Phi) is 6.22. The molecule has 4 rings (SSSR count). The number of nitrogens with one attached hydrogen (secondary N) is 2. The van der Waals surface area contributed by atoms with Crippen LogP contribution in [-0.2, 0) is 17.9 Å². The van der Waals surface area contributed by atoms with Crippen LogP contribution in [0.15, 0.2) is 94.3 Å². The largest absolute Gasteiger partial charge is 0.459 e. The molecule has 0 aliphatic rings. The summed E-state index contributed by atoms with van der Waals surface area (Å²) in [5.74, 6) is -0.505. The second kappa shape index (κ2) is 9.57. The number of aromatic nitrogens is 2. The fourth-order valence-electron chi connectivity index (χ4n) is 3.08. The third kappa shape index (κ3) is 5.17. The standard InChI is InChI=1S/C24H20N4O4/c29-22(16-28-23(30)12-11-20(27-28)18-7-2-1-3-8-18)25-15-17-6-4-9-19(14-17)26-24(31)21-10-5-13-32-21/h1-14H,15-16H2,(H,25,29)(H,26,31). The van der Waals surface area contributed by atoms with Crippen molar-refractivity contribution in [2.24, 2.45) is 0 Å². The average molecular weight is 428 g/mol. The van der Waals surface area contributed by atoms with Crippen LogP contribution in [0.2, 0.25) is 0 Å². The quantitative estimate of drug-likeness (QED) is 0.471. The second-order valence-corrected chi connectivity index (χ2v) is 6.99. The molecule has 32 heavy (non-hydrogen) atoms. The van der Waals surface area contributed by atoms with E-state index in [1.165, 1.54) is 12.3 Å². The van der Waals surface area contributed by atoms with Crippen LogP contribution < -0.4 is 16.2 Å². The highest BCUT2D eigenvalue weighted by Gasteiger charge is 2.10. The van der Waals surface area contributed by atoms with Crippen LogP contribution in [0.4, 0.5) is 5.69 Å². The summed E-state index contributed by atoms with van der Waals surface area (Å²) >= 11 is 0. The lowest BCUT2D eigenvalue weighted by Gasteiger charge is -2.10. The zero-order valence-electron chi connectivity index (χ0n) is 17.0. The van der Waals surface area contributed by atoms with Crippen LogP contribution in [-0.4, -0.2) is 21.6 Å². The van der Waals surface area contributed by atoms with Gasteiger partial charge in [-0.3, -0.25) is 14.4 Å². The monoisotopic (exact) mass is 428 g/mol. The summed E-state index contributed by atoms with van der Waals surface area (Å²) in [7, 11) is 0. The van der Waals surface area contributed by atoms with Gasteiger partial charge in [0.1, 0.15) is 6.54 Å². The van der Waals surface area contributed by atoms with Crippen LogP contribution in [0.5, 0.6) is 0 Å². The molecule has 8 nitrogen and oxygen atoms in total. The van der Waals surface area contributed by atoms with Crippen molar-refractivity contribution in [1.29, 1.82) is 0 Å². The fourth-order valence-corrected chi connectivity index (χ4v) is 3.08. The molecule has 0 aliphatic heterocycles. The Morgan fingerprint density at radius 1 is 0.938 bits per heavy atom. The Bertz CT molecular complexity index is 1280. The van der Waals surface area contributed by atoms with Crippen LogP contribution >= 0.6 is 0 Å². The van der Waals surface area contributed by atoms with Gasteiger partial charge in [0.05, 0.1) is 12.0 Å². The molecule has 160 valence electrons. The predicted molar refractivity (Wildman–Crippen MR) is 119 cm³/mol. The molecule has 0 fully saturated rings. The van der Waals surface area contributed by atoms with Crippen molar-refractivity contribution in [2.75, 3.05) is 5.32 Å². The van der Waals surface area contributed by atoms with E-state index in [2.05, 4.69) is 15.7 Å². The molecule has 0 spiro atoms. The van der Waals surface area contributed by atoms with Gasteiger partial charge in [-0.2, -0.15) is 5.10 Å². The van der Waals surface area contributed by atoms with Crippen LogP contribution in [0.25, 0.3) is 11.3 Å². The SMILES string of the molecule is O=C(Cn1nc(-c2ccccc2)ccc1=O)NCc1cccc(NC(=O)c2ccco2)c1. The van der Waals surface area contributed by atoms with Gasteiger partial charge in [-0.15, -0.1) is 0 Å². The van der Waals surface area contributed by atoms with E-state index in [0.717, 1.165) is 15.8 Å². The molecule has 0 unspecified atom stereocenters. The highest BCUT2D eigenvalue weighted by molar-refractivity contribution is 6.02. The summed E-state index contributed by atoms with van der Waals surface area (Å²) in [5.41, 5.74) is 2.47. The van der Waals surface area contributed by atoms with E-state index in [9.17, 15) is 14.4 Å². The Morgan fingerprint density at radius 3 is 2.56 bits per heavy atom. The van der Waals surface area contributed by atoms with Gasteiger partial charge in [0.25, 0.3) is 11.5 Å². The average Bonchev–Trinajstić information content (AvgIpc) is 3.35. The molecule has 0 radical (unpaired) electrons. The molecule has 0 aliphatic carbocycles. The van der Waals surface area contributed by atoms with Crippen molar-refractivity contribution < 1.29 is 14.0 Å². The van der Waals surface area contributed by atoms with Gasteiger partial charge in [-0.1, -0.05) is 42.5 Å². The Balaban J connectivity index is 1.37. The molecule has 4 aromatic rings. The minimum Gasteiger partial charge on any atom is -0.459 e. The Morgan fingerprint density at radius 2 is 1.78 bits per heavy atom. The Labute approximate surface area is 183 Å². The number of hydrogen-bond acceptors (Lipinski definition) is 5. The first-order valence-corrected chi connectivity index (χ1v) is 9.92. The molecule has 0 saturated carbocycles. The summed E-state index contributed by atoms with van der Waals surface area (Å²) in [6, 6.07) is 22.7. The summed E-state index contributed by atoms with van der Waals surface area (Å²) in [5, 5.41) is 9.81. The molecule has 2 N–H and O–H groups in total. The summed E-state index contributed by atoms with van der Waals surface area (Å²) < 4.78 is 6.21. The molecule has 0 atom stereocenters. The third-order valence-electron chi connectivity index (χ3n) is 4.65. The van der Waals surface area contributed by atoms with Gasteiger partial charge in [0, 0.05) is 23.9 Å². The van der Waals surface area contributed by atoms with Crippen molar-refractivity contribution in [3.05, 3.63) is 107 Å². The number of anilines is 1. The van der Waals surface area contributed by atoms with E-state index in [4.69, 9.17) is 4.42 Å². The molecule has 0 saturated heterocycles. The van der Waals surface area contributed by atoms with Crippen molar-refractivity contribution in [3.63, 3.8) is 0 Å². The van der Waals surface area contributed by atoms with E-state index in [-0.39, 0.29) is 36.2 Å². The maximum atomic E-state index is 12.4. The molecule has 0 bridgehead atoms. The minimum atomic E-state index is -0.361. The topological polar surface area (TPSA) is 106 Å². The van der Waals surface area contributed by atoms with Gasteiger partial charge in [-0.05, 0) is 35.9 Å². The highest BCUT2D eigenvalue weighted by Crippen LogP contribution is 2.14. The molecule has 2 aromatic heterocycles. The number of hydrogen-bond donors (Lipinski definition) is 2. The number of nitrogens with zero attached hydrogens (tertiary/aromatic N) is 2. The zero-order chi connectivity index (χ0) is 22.3. The van der Waals surface area contributed by atoms with E-state index in [1.54, 1.807) is 36.4 Å². The summed E-state index contributed by atoms with van der Waals surface area (Å²) in [6.45, 7) is 0.0326. The van der Waals surface area contributed by atoms with E-state index in [1.807, 2.05) is 36.4 Å². The van der Waals surface area contributed by atoms with Crippen molar-refractivity contribution >= 4 is 17.5 Å². The van der Waals surface area contributed by atoms with E-state index >= 15 is 0 Å². The van der Waals surface area contributed by atoms with Gasteiger partial charge < -0.3 is 15.1 Å². The lowest BCUT2D eigenvalue weighted by Crippen LogP contribution is -2.33. The maximum absolute atomic E-state index is 12.4. The molecular formula is C24H20N4O4. The zero-order valence-corrected chi connectivity index (χ0v) is 17.0. The molecular weight excluding hydrogens is 408 g/mol. The number of rotatable bonds is 7. The first-order valence-electron chi connectivity index (χ1n) is 9.92. The first kappa shape index (κ1) is 20.8. The van der Waals surface area contributed by atoms with Crippen molar-refractivity contribution in [1.82, 2.24) is 15.1 Å². The maximum Gasteiger partial charge on any atom is 0.291 e.